The number of aliphatic hydroxyl groups is 6. The van der Waals surface area contributed by atoms with Gasteiger partial charge in [-0.25, -0.2) is 13.6 Å². The van der Waals surface area contributed by atoms with Gasteiger partial charge in [-0.15, -0.1) is 0 Å². The highest BCUT2D eigenvalue weighted by atomic mass is 19.1. The van der Waals surface area contributed by atoms with Crippen molar-refractivity contribution in [2.45, 2.75) is 199 Å². The van der Waals surface area contributed by atoms with Crippen LogP contribution in [0.4, 0.5) is 8.78 Å². The number of ether oxygens (including phenoxy) is 3. The molecule has 15 nitrogen and oxygen atoms in total. The lowest BCUT2D eigenvalue weighted by molar-refractivity contribution is -0.238. The van der Waals surface area contributed by atoms with Crippen LogP contribution in [0.3, 0.4) is 0 Å². The van der Waals surface area contributed by atoms with Gasteiger partial charge in [-0.3, -0.25) is 19.3 Å². The minimum Gasteiger partial charge on any atom is -0.466 e. The first kappa shape index (κ1) is 58.0. The van der Waals surface area contributed by atoms with Gasteiger partial charge in [0.15, 0.2) is 11.5 Å². The lowest BCUT2D eigenvalue weighted by atomic mass is 9.44. The molecule has 4 fully saturated rings. The summed E-state index contributed by atoms with van der Waals surface area (Å²) < 4.78 is 51.6. The highest BCUT2D eigenvalue weighted by molar-refractivity contribution is 6.01. The van der Waals surface area contributed by atoms with Crippen molar-refractivity contribution in [1.29, 1.82) is 0 Å². The summed E-state index contributed by atoms with van der Waals surface area (Å²) in [6.45, 7) is 20.4. The first-order valence-electron chi connectivity index (χ1n) is 25.9. The van der Waals surface area contributed by atoms with E-state index < -0.39 is 129 Å². The number of carbonyl (C=O) groups is 4. The molecule has 1 heterocycles. The van der Waals surface area contributed by atoms with Crippen LogP contribution in [-0.4, -0.2) is 169 Å². The lowest BCUT2D eigenvalue weighted by Crippen LogP contribution is -2.71. The first-order valence-corrected chi connectivity index (χ1v) is 25.9. The third kappa shape index (κ3) is 10.3. The van der Waals surface area contributed by atoms with Crippen molar-refractivity contribution in [2.75, 3.05) is 39.8 Å². The maximum Gasteiger partial charge on any atom is 0.351 e. The standard InChI is InChI=1S/C53H86F2N2O13/c1-13-15-20-56(21-16-22-57-29-30(3)27-50(10,66)44(62)32(5)43(61)33(6)46(64)69-41(14-2)51(11,67)45(63)34(57)7)23-18-42(60)70-53(47(65)68-12)31(4)24-36-37-26-39(54)38-25-35(58)17-19-48(38,8)52(37,55)40(59)28-49(36,53)9/h17,19,25,30-34,36-37,39-41,43-45,59,61-63,66-67H,13-16,18,20-24,26-29H2,1-12H3/t30-,31-,32+,33-,34-,36?,37?,39+,40+,41-,43+,44-,45-,48+,49+,50-,51-,52+,53+/m1/s1. The summed E-state index contributed by atoms with van der Waals surface area (Å²) in [5, 5.41) is 69.7. The van der Waals surface area contributed by atoms with E-state index in [1.165, 1.54) is 47.0 Å². The Morgan fingerprint density at radius 2 is 1.56 bits per heavy atom. The molecule has 19 atom stereocenters. The summed E-state index contributed by atoms with van der Waals surface area (Å²) in [5.74, 6) is -7.59. The Hall–Kier alpha value is -2.90. The van der Waals surface area contributed by atoms with E-state index in [9.17, 15) is 49.8 Å². The maximum absolute atomic E-state index is 17.9. The molecule has 0 aromatic carbocycles. The molecule has 70 heavy (non-hydrogen) atoms. The molecule has 400 valence electrons. The van der Waals surface area contributed by atoms with Crippen LogP contribution in [-0.2, 0) is 33.4 Å². The Morgan fingerprint density at radius 3 is 2.17 bits per heavy atom. The molecule has 6 N–H and O–H groups in total. The van der Waals surface area contributed by atoms with Gasteiger partial charge < -0.3 is 49.7 Å². The number of fused-ring (bicyclic) bond motifs is 5. The SMILES string of the molecule is CCCCN(CCCN1C[C@H](C)C[C@@](C)(O)[C@H](O)[C@@H](C)[C@H](O)[C@@H](C)C(=O)O[C@H](CC)[C@@](C)(O)[C@H](O)[C@H]1C)CCC(=O)O[C@]1(C(=O)OC)[C@H](C)CC2C3C[C@H](F)C4=CC(=O)C=C[C@]4(C)[C@@]3(F)[C@@H](O)C[C@@]21C. The Bertz CT molecular complexity index is 1950. The van der Waals surface area contributed by atoms with E-state index in [4.69, 9.17) is 14.2 Å². The minimum absolute atomic E-state index is 0.0133. The summed E-state index contributed by atoms with van der Waals surface area (Å²) in [4.78, 5) is 58.2. The molecular weight excluding hydrogens is 911 g/mol. The Kier molecular flexibility index (Phi) is 18.1. The van der Waals surface area contributed by atoms with Gasteiger partial charge in [0.05, 0.1) is 43.4 Å². The van der Waals surface area contributed by atoms with Crippen LogP contribution < -0.4 is 0 Å². The van der Waals surface area contributed by atoms with Gasteiger partial charge in [-0.1, -0.05) is 54.0 Å². The Labute approximate surface area is 414 Å². The molecule has 5 rings (SSSR count). The van der Waals surface area contributed by atoms with Crippen molar-refractivity contribution in [3.63, 3.8) is 0 Å². The highest BCUT2D eigenvalue weighted by Gasteiger charge is 2.78. The molecule has 0 radical (unpaired) electrons. The van der Waals surface area contributed by atoms with Gasteiger partial charge in [0.25, 0.3) is 0 Å². The van der Waals surface area contributed by atoms with Crippen molar-refractivity contribution < 1.29 is 72.8 Å². The fourth-order valence-corrected chi connectivity index (χ4v) is 13.9. The summed E-state index contributed by atoms with van der Waals surface area (Å²) >= 11 is 0. The molecule has 3 saturated carbocycles. The number of carbonyl (C=O) groups excluding carboxylic acids is 4. The van der Waals surface area contributed by atoms with Crippen molar-refractivity contribution in [3.05, 3.63) is 23.8 Å². The molecule has 0 bridgehead atoms. The summed E-state index contributed by atoms with van der Waals surface area (Å²) in [6.07, 6.45) is -3.16. The molecule has 0 aromatic heterocycles. The van der Waals surface area contributed by atoms with Crippen LogP contribution in [0.5, 0.6) is 0 Å². The van der Waals surface area contributed by atoms with Crippen LogP contribution in [0.25, 0.3) is 0 Å². The zero-order valence-corrected chi connectivity index (χ0v) is 43.8. The molecule has 1 saturated heterocycles. The monoisotopic (exact) mass is 997 g/mol. The predicted molar refractivity (Wildman–Crippen MR) is 257 cm³/mol. The van der Waals surface area contributed by atoms with E-state index in [1.54, 1.807) is 34.6 Å². The van der Waals surface area contributed by atoms with Crippen LogP contribution in [0.2, 0.25) is 0 Å². The molecule has 0 spiro atoms. The highest BCUT2D eigenvalue weighted by Crippen LogP contribution is 2.71. The fourth-order valence-electron chi connectivity index (χ4n) is 13.9. The van der Waals surface area contributed by atoms with Crippen molar-refractivity contribution >= 4 is 23.7 Å². The molecule has 5 aliphatic rings. The quantitative estimate of drug-likeness (QED) is 0.108. The van der Waals surface area contributed by atoms with E-state index in [-0.39, 0.29) is 56.6 Å². The lowest BCUT2D eigenvalue weighted by Gasteiger charge is -2.63. The average molecular weight is 997 g/mol. The second-order valence-electron chi connectivity index (χ2n) is 23.0. The topological polar surface area (TPSA) is 224 Å². The van der Waals surface area contributed by atoms with Gasteiger partial charge in [-0.2, -0.15) is 0 Å². The molecule has 17 heteroatoms. The first-order chi connectivity index (χ1) is 32.5. The Morgan fingerprint density at radius 1 is 0.914 bits per heavy atom. The number of esters is 3. The minimum atomic E-state index is -2.39. The summed E-state index contributed by atoms with van der Waals surface area (Å²) in [5.41, 5.74) is -10.9. The second kappa shape index (κ2) is 21.9. The van der Waals surface area contributed by atoms with Gasteiger partial charge in [0.1, 0.15) is 24.0 Å². The van der Waals surface area contributed by atoms with E-state index in [2.05, 4.69) is 4.90 Å². The smallest absolute Gasteiger partial charge is 0.351 e. The zero-order valence-electron chi connectivity index (χ0n) is 43.8. The van der Waals surface area contributed by atoms with E-state index >= 15 is 8.78 Å². The number of unbranched alkanes of at least 4 members (excludes halogenated alkanes) is 1. The van der Waals surface area contributed by atoms with Crippen LogP contribution in [0.1, 0.15) is 134 Å². The van der Waals surface area contributed by atoms with Crippen LogP contribution in [0.15, 0.2) is 23.8 Å². The van der Waals surface area contributed by atoms with Crippen LogP contribution >= 0.6 is 0 Å². The number of halogens is 2. The maximum atomic E-state index is 17.9. The molecular formula is C53H86F2N2O13. The normalized spacial score (nSPS) is 45.1. The number of allylic oxidation sites excluding steroid dienone is 4. The van der Waals surface area contributed by atoms with E-state index in [1.807, 2.05) is 18.7 Å². The average Bonchev–Trinajstić information content (AvgIpc) is 3.52. The fraction of sp³-hybridized carbons (Fsp3) is 0.849. The second-order valence-corrected chi connectivity index (χ2v) is 23.0. The van der Waals surface area contributed by atoms with Gasteiger partial charge in [-0.05, 0) is 129 Å². The molecule has 0 aromatic rings. The number of rotatable bonds is 13. The summed E-state index contributed by atoms with van der Waals surface area (Å²) in [6, 6.07) is -0.700. The van der Waals surface area contributed by atoms with E-state index in [0.717, 1.165) is 18.9 Å². The van der Waals surface area contributed by atoms with Crippen molar-refractivity contribution in [1.82, 2.24) is 9.80 Å². The van der Waals surface area contributed by atoms with Gasteiger partial charge in [0.2, 0.25) is 5.60 Å². The number of nitrogens with zero attached hydrogens (tertiary/aromatic N) is 2. The van der Waals surface area contributed by atoms with Gasteiger partial charge in [0, 0.05) is 47.7 Å². The number of hydrogen-bond donors (Lipinski definition) is 6. The number of hydrogen-bond acceptors (Lipinski definition) is 15. The zero-order chi connectivity index (χ0) is 52.7. The molecule has 0 amide bonds. The van der Waals surface area contributed by atoms with Crippen LogP contribution in [0, 0.1) is 46.3 Å². The number of methoxy groups -OCH3 is 1. The van der Waals surface area contributed by atoms with Gasteiger partial charge >= 0.3 is 17.9 Å². The number of alkyl halides is 2. The largest absolute Gasteiger partial charge is 0.466 e. The molecule has 2 unspecified atom stereocenters. The van der Waals surface area contributed by atoms with E-state index in [0.29, 0.717) is 32.6 Å². The number of aliphatic hydroxyl groups excluding tert-OH is 4. The predicted octanol–water partition coefficient (Wildman–Crippen LogP) is 4.80. The molecule has 4 aliphatic carbocycles. The number of cyclic esters (lactones) is 1. The summed E-state index contributed by atoms with van der Waals surface area (Å²) in [7, 11) is 1.19. The number of ketones is 1. The molecule has 1 aliphatic heterocycles. The third-order valence-corrected chi connectivity index (χ3v) is 18.1. The Balaban J connectivity index is 1.35. The third-order valence-electron chi connectivity index (χ3n) is 18.1. The van der Waals surface area contributed by atoms with Crippen molar-refractivity contribution in [3.8, 4) is 0 Å². The van der Waals surface area contributed by atoms with Crippen molar-refractivity contribution in [2.24, 2.45) is 46.3 Å².